The van der Waals surface area contributed by atoms with Crippen LogP contribution in [0.5, 0.6) is 0 Å². The van der Waals surface area contributed by atoms with Gasteiger partial charge < -0.3 is 16.4 Å². The number of nitrogens with zero attached hydrogens (tertiary/aromatic N) is 2. The Morgan fingerprint density at radius 3 is 2.50 bits per heavy atom. The van der Waals surface area contributed by atoms with Gasteiger partial charge in [0.25, 0.3) is 0 Å². The molecule has 1 aromatic heterocycles. The molecule has 1 amide bonds. The fourth-order valence-electron chi connectivity index (χ4n) is 1.82. The average Bonchev–Trinajstić information content (AvgIpc) is 2.92. The van der Waals surface area contributed by atoms with E-state index in [2.05, 4.69) is 10.4 Å². The second-order valence-electron chi connectivity index (χ2n) is 4.88. The number of hydrogen-bond donors (Lipinski definition) is 3. The van der Waals surface area contributed by atoms with Gasteiger partial charge in [-0.15, -0.1) is 0 Å². The topological polar surface area (TPSA) is 85.0 Å². The zero-order valence-corrected chi connectivity index (χ0v) is 13.1. The molecule has 1 heterocycles. The van der Waals surface area contributed by atoms with Gasteiger partial charge in [0, 0.05) is 17.8 Å². The first-order chi connectivity index (χ1) is 11.2. The van der Waals surface area contributed by atoms with Crippen molar-refractivity contribution in [3.63, 3.8) is 0 Å². The maximum Gasteiger partial charge on any atom is 0.405 e. The highest BCUT2D eigenvalue weighted by atomic mass is 32.1. The number of nitrogens with two attached hydrogens (primary N) is 1. The van der Waals surface area contributed by atoms with E-state index in [1.54, 1.807) is 41.2 Å². The summed E-state index contributed by atoms with van der Waals surface area (Å²) in [7, 11) is 0. The number of carbonyl (C=O) groups is 1. The zero-order chi connectivity index (χ0) is 17.7. The molecule has 1 aromatic carbocycles. The Balaban J connectivity index is 1.90. The Morgan fingerprint density at radius 1 is 1.25 bits per heavy atom. The lowest BCUT2D eigenvalue weighted by Crippen LogP contribution is -2.36. The summed E-state index contributed by atoms with van der Waals surface area (Å²) in [5.74, 6) is -0.185. The Hall–Kier alpha value is -2.62. The average molecular weight is 357 g/mol. The highest BCUT2D eigenvalue weighted by Gasteiger charge is 2.27. The van der Waals surface area contributed by atoms with Crippen LogP contribution in [0.1, 0.15) is 15.9 Å². The summed E-state index contributed by atoms with van der Waals surface area (Å²) < 4.78 is 37.8. The van der Waals surface area contributed by atoms with E-state index in [0.29, 0.717) is 17.9 Å². The summed E-state index contributed by atoms with van der Waals surface area (Å²) >= 11 is 4.77. The molecule has 0 spiro atoms. The molecular weight excluding hydrogens is 343 g/mol. The summed E-state index contributed by atoms with van der Waals surface area (Å²) in [6, 6.07) is 8.28. The second-order valence-corrected chi connectivity index (χ2v) is 5.29. The number of carbonyl (C=O) groups excluding carboxylic acids is 1. The summed E-state index contributed by atoms with van der Waals surface area (Å²) in [4.78, 5) is 11.0. The number of alkyl halides is 3. The van der Waals surface area contributed by atoms with Gasteiger partial charge in [0.1, 0.15) is 6.54 Å². The van der Waals surface area contributed by atoms with Crippen molar-refractivity contribution < 1.29 is 18.0 Å². The van der Waals surface area contributed by atoms with Crippen LogP contribution in [0.3, 0.4) is 0 Å². The third-order valence-electron chi connectivity index (χ3n) is 2.91. The van der Waals surface area contributed by atoms with Crippen LogP contribution in [0.25, 0.3) is 0 Å². The number of anilines is 1. The minimum atomic E-state index is -4.35. The van der Waals surface area contributed by atoms with Gasteiger partial charge in [-0.2, -0.15) is 18.3 Å². The molecule has 2 aromatic rings. The molecule has 0 aliphatic carbocycles. The summed E-state index contributed by atoms with van der Waals surface area (Å²) in [6.07, 6.45) is -2.70. The van der Waals surface area contributed by atoms with Crippen molar-refractivity contribution in [1.29, 1.82) is 0 Å². The number of nitrogens with one attached hydrogen (secondary N) is 2. The van der Waals surface area contributed by atoms with E-state index in [1.165, 1.54) is 0 Å². The molecule has 0 fully saturated rings. The van der Waals surface area contributed by atoms with Crippen LogP contribution in [0, 0.1) is 0 Å². The predicted molar refractivity (Wildman–Crippen MR) is 86.6 cm³/mol. The molecule has 0 aliphatic rings. The number of aromatic nitrogens is 2. The first-order valence-corrected chi connectivity index (χ1v) is 7.17. The maximum atomic E-state index is 12.1. The molecule has 0 atom stereocenters. The third-order valence-corrected chi connectivity index (χ3v) is 3.16. The van der Waals surface area contributed by atoms with Crippen LogP contribution in [-0.2, 0) is 6.54 Å². The molecule has 10 heteroatoms. The summed E-state index contributed by atoms with van der Waals surface area (Å²) in [5.41, 5.74) is 6.45. The molecule has 6 nitrogen and oxygen atoms in total. The van der Waals surface area contributed by atoms with Crippen molar-refractivity contribution in [2.45, 2.75) is 12.7 Å². The van der Waals surface area contributed by atoms with Crippen molar-refractivity contribution in [3.8, 4) is 0 Å². The molecule has 2 rings (SSSR count). The SMILES string of the molecule is NC(=O)c1ccc(Cn2ccc(NC(=S)NCC(F)(F)F)n2)cc1. The molecule has 4 N–H and O–H groups in total. The molecular formula is C14H14F3N5OS. The van der Waals surface area contributed by atoms with E-state index >= 15 is 0 Å². The van der Waals surface area contributed by atoms with Gasteiger partial charge in [-0.1, -0.05) is 12.1 Å². The maximum absolute atomic E-state index is 12.1. The largest absolute Gasteiger partial charge is 0.405 e. The van der Waals surface area contributed by atoms with Crippen LogP contribution < -0.4 is 16.4 Å². The Bertz CT molecular complexity index is 727. The molecule has 0 radical (unpaired) electrons. The highest BCUT2D eigenvalue weighted by Crippen LogP contribution is 2.12. The number of hydrogen-bond acceptors (Lipinski definition) is 3. The standard InChI is InChI=1S/C14H14F3N5OS/c15-14(16,17)8-19-13(24)20-11-5-6-22(21-11)7-9-1-3-10(4-2-9)12(18)23/h1-6H,7-8H2,(H2,18,23)(H2,19,20,21,24). The molecule has 0 bridgehead atoms. The lowest BCUT2D eigenvalue weighted by molar-refractivity contribution is -0.121. The molecule has 0 unspecified atom stereocenters. The van der Waals surface area contributed by atoms with Gasteiger partial charge in [-0.25, -0.2) is 0 Å². The number of thiocarbonyl (C=S) groups is 1. The van der Waals surface area contributed by atoms with E-state index < -0.39 is 18.6 Å². The second kappa shape index (κ2) is 7.30. The van der Waals surface area contributed by atoms with Crippen molar-refractivity contribution in [2.24, 2.45) is 5.73 Å². The van der Waals surface area contributed by atoms with Gasteiger partial charge in [0.05, 0.1) is 6.54 Å². The van der Waals surface area contributed by atoms with Gasteiger partial charge in [0.2, 0.25) is 5.91 Å². The van der Waals surface area contributed by atoms with Crippen molar-refractivity contribution >= 4 is 29.1 Å². The Labute approximate surface area is 140 Å². The van der Waals surface area contributed by atoms with Gasteiger partial charge >= 0.3 is 6.18 Å². The summed E-state index contributed by atoms with van der Waals surface area (Å²) in [6.45, 7) is -0.796. The number of halogens is 3. The van der Waals surface area contributed by atoms with Gasteiger partial charge in [0.15, 0.2) is 10.9 Å². The van der Waals surface area contributed by atoms with Crippen molar-refractivity contribution in [1.82, 2.24) is 15.1 Å². The van der Waals surface area contributed by atoms with E-state index in [4.69, 9.17) is 18.0 Å². The van der Waals surface area contributed by atoms with Crippen molar-refractivity contribution in [3.05, 3.63) is 47.7 Å². The predicted octanol–water partition coefficient (Wildman–Crippen LogP) is 1.88. The number of primary amides is 1. The van der Waals surface area contributed by atoms with E-state index in [-0.39, 0.29) is 5.11 Å². The van der Waals surface area contributed by atoms with Crippen LogP contribution in [0.4, 0.5) is 19.0 Å². The fourth-order valence-corrected chi connectivity index (χ4v) is 2.00. The summed E-state index contributed by atoms with van der Waals surface area (Å²) in [5, 5.41) is 8.61. The zero-order valence-electron chi connectivity index (χ0n) is 12.3. The fraction of sp³-hybridized carbons (Fsp3) is 0.214. The number of amides is 1. The monoisotopic (exact) mass is 357 g/mol. The first kappa shape index (κ1) is 17.7. The lowest BCUT2D eigenvalue weighted by Gasteiger charge is -2.10. The number of rotatable bonds is 5. The van der Waals surface area contributed by atoms with Gasteiger partial charge in [-0.05, 0) is 29.9 Å². The molecule has 0 aliphatic heterocycles. The molecule has 0 saturated heterocycles. The highest BCUT2D eigenvalue weighted by molar-refractivity contribution is 7.80. The van der Waals surface area contributed by atoms with Crippen LogP contribution in [0.2, 0.25) is 0 Å². The van der Waals surface area contributed by atoms with E-state index in [0.717, 1.165) is 5.56 Å². The minimum Gasteiger partial charge on any atom is -0.366 e. The van der Waals surface area contributed by atoms with Crippen molar-refractivity contribution in [2.75, 3.05) is 11.9 Å². The molecule has 0 saturated carbocycles. The molecule has 128 valence electrons. The van der Waals surface area contributed by atoms with Gasteiger partial charge in [-0.3, -0.25) is 9.48 Å². The minimum absolute atomic E-state index is 0.164. The smallest absolute Gasteiger partial charge is 0.366 e. The third kappa shape index (κ3) is 5.54. The lowest BCUT2D eigenvalue weighted by atomic mass is 10.1. The molecule has 24 heavy (non-hydrogen) atoms. The van der Waals surface area contributed by atoms with Crippen LogP contribution in [0.15, 0.2) is 36.5 Å². The van der Waals surface area contributed by atoms with E-state index in [1.807, 2.05) is 5.32 Å². The Kier molecular flexibility index (Phi) is 5.39. The van der Waals surface area contributed by atoms with Crippen LogP contribution in [-0.4, -0.2) is 33.5 Å². The quantitative estimate of drug-likeness (QED) is 0.712. The van der Waals surface area contributed by atoms with E-state index in [9.17, 15) is 18.0 Å². The Morgan fingerprint density at radius 2 is 1.92 bits per heavy atom. The first-order valence-electron chi connectivity index (χ1n) is 6.77. The normalized spacial score (nSPS) is 11.1. The number of benzene rings is 1. The van der Waals surface area contributed by atoms with Crippen LogP contribution >= 0.6 is 12.2 Å².